The summed E-state index contributed by atoms with van der Waals surface area (Å²) in [5, 5.41) is 2.31. The highest BCUT2D eigenvalue weighted by molar-refractivity contribution is 6.35. The SMILES string of the molecule is C=C(C)C(=O)Oc1ccc(Cl)c2ccccc12. The minimum absolute atomic E-state index is 0.365. The lowest BCUT2D eigenvalue weighted by atomic mass is 10.1. The van der Waals surface area contributed by atoms with Crippen LogP contribution in [0.5, 0.6) is 5.75 Å². The van der Waals surface area contributed by atoms with Crippen LogP contribution in [0.2, 0.25) is 5.02 Å². The van der Waals surface area contributed by atoms with Gasteiger partial charge < -0.3 is 4.74 Å². The molecule has 0 bridgehead atoms. The number of carbonyl (C=O) groups excluding carboxylic acids is 1. The monoisotopic (exact) mass is 246 g/mol. The molecule has 0 N–H and O–H groups in total. The topological polar surface area (TPSA) is 26.3 Å². The fourth-order valence-corrected chi connectivity index (χ4v) is 1.74. The van der Waals surface area contributed by atoms with Crippen molar-refractivity contribution in [1.29, 1.82) is 0 Å². The Morgan fingerprint density at radius 3 is 2.47 bits per heavy atom. The van der Waals surface area contributed by atoms with Gasteiger partial charge in [-0.2, -0.15) is 0 Å². The standard InChI is InChI=1S/C14H11ClO2/c1-9(2)14(16)17-13-8-7-12(15)10-5-3-4-6-11(10)13/h3-8H,1H2,2H3. The average molecular weight is 247 g/mol. The van der Waals surface area contributed by atoms with E-state index in [9.17, 15) is 4.79 Å². The smallest absolute Gasteiger partial charge is 0.338 e. The summed E-state index contributed by atoms with van der Waals surface area (Å²) in [4.78, 5) is 11.5. The van der Waals surface area contributed by atoms with Crippen LogP contribution in [0, 0.1) is 0 Å². The molecule has 2 aromatic rings. The average Bonchev–Trinajstić information content (AvgIpc) is 2.33. The molecule has 0 unspecified atom stereocenters. The molecule has 2 rings (SSSR count). The van der Waals surface area contributed by atoms with Gasteiger partial charge in [-0.1, -0.05) is 42.4 Å². The number of ether oxygens (including phenoxy) is 1. The summed E-state index contributed by atoms with van der Waals surface area (Å²) in [6, 6.07) is 10.9. The van der Waals surface area contributed by atoms with Crippen LogP contribution in [0.3, 0.4) is 0 Å². The lowest BCUT2D eigenvalue weighted by Crippen LogP contribution is -2.08. The maximum absolute atomic E-state index is 11.5. The highest BCUT2D eigenvalue weighted by Gasteiger charge is 2.09. The molecule has 2 aromatic carbocycles. The van der Waals surface area contributed by atoms with Crippen molar-refractivity contribution in [1.82, 2.24) is 0 Å². The molecule has 86 valence electrons. The van der Waals surface area contributed by atoms with Crippen LogP contribution >= 0.6 is 11.6 Å². The molecule has 0 aliphatic heterocycles. The summed E-state index contributed by atoms with van der Waals surface area (Å²) in [5.41, 5.74) is 0.365. The third-order valence-electron chi connectivity index (χ3n) is 2.38. The van der Waals surface area contributed by atoms with E-state index in [1.807, 2.05) is 24.3 Å². The minimum atomic E-state index is -0.433. The van der Waals surface area contributed by atoms with E-state index in [0.717, 1.165) is 10.8 Å². The molecule has 0 amide bonds. The Morgan fingerprint density at radius 1 is 1.18 bits per heavy atom. The molecule has 2 nitrogen and oxygen atoms in total. The van der Waals surface area contributed by atoms with E-state index < -0.39 is 5.97 Å². The van der Waals surface area contributed by atoms with Crippen molar-refractivity contribution < 1.29 is 9.53 Å². The zero-order valence-electron chi connectivity index (χ0n) is 9.37. The largest absolute Gasteiger partial charge is 0.423 e. The molecule has 0 aromatic heterocycles. The maximum atomic E-state index is 11.5. The van der Waals surface area contributed by atoms with Crippen molar-refractivity contribution in [3.8, 4) is 5.75 Å². The van der Waals surface area contributed by atoms with Crippen LogP contribution in [0.1, 0.15) is 6.92 Å². The van der Waals surface area contributed by atoms with Gasteiger partial charge in [0.05, 0.1) is 0 Å². The van der Waals surface area contributed by atoms with Crippen molar-refractivity contribution in [2.45, 2.75) is 6.92 Å². The molecule has 0 heterocycles. The number of esters is 1. The quantitative estimate of drug-likeness (QED) is 0.455. The fraction of sp³-hybridized carbons (Fsp3) is 0.0714. The van der Waals surface area contributed by atoms with E-state index in [1.54, 1.807) is 19.1 Å². The summed E-state index contributed by atoms with van der Waals surface area (Å²) in [6.45, 7) is 5.16. The molecule has 0 fully saturated rings. The molecule has 0 saturated carbocycles. The van der Waals surface area contributed by atoms with Crippen LogP contribution < -0.4 is 4.74 Å². The van der Waals surface area contributed by atoms with Crippen LogP contribution in [-0.4, -0.2) is 5.97 Å². The van der Waals surface area contributed by atoms with Gasteiger partial charge in [0.15, 0.2) is 0 Å². The number of halogens is 1. The lowest BCUT2D eigenvalue weighted by Gasteiger charge is -2.08. The summed E-state index contributed by atoms with van der Waals surface area (Å²) in [5.74, 6) is 0.0653. The fourth-order valence-electron chi connectivity index (χ4n) is 1.51. The van der Waals surface area contributed by atoms with E-state index in [-0.39, 0.29) is 0 Å². The van der Waals surface area contributed by atoms with Crippen LogP contribution in [-0.2, 0) is 4.79 Å². The number of hydrogen-bond acceptors (Lipinski definition) is 2. The van der Waals surface area contributed by atoms with Gasteiger partial charge in [0.1, 0.15) is 5.75 Å². The first-order valence-corrected chi connectivity index (χ1v) is 5.52. The van der Waals surface area contributed by atoms with Crippen molar-refractivity contribution in [3.63, 3.8) is 0 Å². The predicted octanol–water partition coefficient (Wildman–Crippen LogP) is 3.97. The molecule has 0 aliphatic carbocycles. The lowest BCUT2D eigenvalue weighted by molar-refractivity contribution is -0.129. The molecule has 0 saturated heterocycles. The normalized spacial score (nSPS) is 10.2. The van der Waals surface area contributed by atoms with Crippen LogP contribution in [0.15, 0.2) is 48.6 Å². The second-order valence-electron chi connectivity index (χ2n) is 3.76. The Balaban J connectivity index is 2.52. The number of carbonyl (C=O) groups is 1. The van der Waals surface area contributed by atoms with Crippen molar-refractivity contribution in [2.75, 3.05) is 0 Å². The molecule has 0 atom stereocenters. The molecule has 3 heteroatoms. The second kappa shape index (κ2) is 4.60. The molecular formula is C14H11ClO2. The zero-order chi connectivity index (χ0) is 12.4. The van der Waals surface area contributed by atoms with Gasteiger partial charge in [-0.05, 0) is 19.1 Å². The zero-order valence-corrected chi connectivity index (χ0v) is 10.1. The third kappa shape index (κ3) is 2.32. The molecular weight excluding hydrogens is 236 g/mol. The van der Waals surface area contributed by atoms with E-state index in [0.29, 0.717) is 16.3 Å². The first-order valence-electron chi connectivity index (χ1n) is 5.14. The highest BCUT2D eigenvalue weighted by Crippen LogP contribution is 2.31. The summed E-state index contributed by atoms with van der Waals surface area (Å²) >= 11 is 6.07. The molecule has 17 heavy (non-hydrogen) atoms. The van der Waals surface area contributed by atoms with E-state index in [4.69, 9.17) is 16.3 Å². The van der Waals surface area contributed by atoms with Gasteiger partial charge in [0.25, 0.3) is 0 Å². The first-order chi connectivity index (χ1) is 8.09. The van der Waals surface area contributed by atoms with Crippen molar-refractivity contribution in [2.24, 2.45) is 0 Å². The molecule has 0 aliphatic rings. The molecule has 0 radical (unpaired) electrons. The Hall–Kier alpha value is -1.80. The Morgan fingerprint density at radius 2 is 1.82 bits per heavy atom. The van der Waals surface area contributed by atoms with E-state index in [2.05, 4.69) is 6.58 Å². The summed E-state index contributed by atoms with van der Waals surface area (Å²) < 4.78 is 5.25. The maximum Gasteiger partial charge on any atom is 0.338 e. The highest BCUT2D eigenvalue weighted by atomic mass is 35.5. The molecule has 0 spiro atoms. The summed E-state index contributed by atoms with van der Waals surface area (Å²) in [7, 11) is 0. The second-order valence-corrected chi connectivity index (χ2v) is 4.17. The van der Waals surface area contributed by atoms with Crippen LogP contribution in [0.25, 0.3) is 10.8 Å². The Bertz CT molecular complexity index is 602. The van der Waals surface area contributed by atoms with Crippen molar-refractivity contribution >= 4 is 28.3 Å². The number of fused-ring (bicyclic) bond motifs is 1. The van der Waals surface area contributed by atoms with E-state index >= 15 is 0 Å². The van der Waals surface area contributed by atoms with Gasteiger partial charge in [-0.25, -0.2) is 4.79 Å². The Kier molecular flexibility index (Phi) is 3.16. The van der Waals surface area contributed by atoms with Gasteiger partial charge in [-0.3, -0.25) is 0 Å². The van der Waals surface area contributed by atoms with Gasteiger partial charge in [0.2, 0.25) is 0 Å². The first kappa shape index (κ1) is 11.7. The van der Waals surface area contributed by atoms with Gasteiger partial charge in [-0.15, -0.1) is 0 Å². The van der Waals surface area contributed by atoms with Gasteiger partial charge >= 0.3 is 5.97 Å². The van der Waals surface area contributed by atoms with E-state index in [1.165, 1.54) is 0 Å². The third-order valence-corrected chi connectivity index (χ3v) is 2.71. The Labute approximate surface area is 104 Å². The minimum Gasteiger partial charge on any atom is -0.423 e. The predicted molar refractivity (Wildman–Crippen MR) is 69.4 cm³/mol. The van der Waals surface area contributed by atoms with Crippen LogP contribution in [0.4, 0.5) is 0 Å². The van der Waals surface area contributed by atoms with Gasteiger partial charge in [0, 0.05) is 21.4 Å². The number of hydrogen-bond donors (Lipinski definition) is 0. The van der Waals surface area contributed by atoms with Crippen molar-refractivity contribution in [3.05, 3.63) is 53.6 Å². The summed E-state index contributed by atoms with van der Waals surface area (Å²) in [6.07, 6.45) is 0. The number of benzene rings is 2. The number of rotatable bonds is 2.